The molecular formula is C21H25NO3S. The molecule has 5 heteroatoms. The summed E-state index contributed by atoms with van der Waals surface area (Å²) in [5, 5.41) is 0. The molecule has 0 aliphatic carbocycles. The number of rotatable bonds is 5. The van der Waals surface area contributed by atoms with Gasteiger partial charge in [-0.15, -0.1) is 0 Å². The Balaban J connectivity index is 1.63. The number of likely N-dealkylation sites (tertiary alicyclic amines) is 1. The van der Waals surface area contributed by atoms with Crippen LogP contribution in [0.15, 0.2) is 59.5 Å². The third-order valence-corrected chi connectivity index (χ3v) is 6.77. The SMILES string of the molecule is Cc1cccc(CC(=O)N2CCCC(CS(=O)(=O)c3ccccc3)C2)c1. The van der Waals surface area contributed by atoms with E-state index in [1.807, 2.05) is 42.2 Å². The summed E-state index contributed by atoms with van der Waals surface area (Å²) in [6.45, 7) is 3.25. The Morgan fingerprint density at radius 3 is 2.62 bits per heavy atom. The van der Waals surface area contributed by atoms with Crippen molar-refractivity contribution < 1.29 is 13.2 Å². The van der Waals surface area contributed by atoms with Gasteiger partial charge in [-0.1, -0.05) is 48.0 Å². The van der Waals surface area contributed by atoms with Crippen LogP contribution in [0.5, 0.6) is 0 Å². The summed E-state index contributed by atoms with van der Waals surface area (Å²) in [4.78, 5) is 14.8. The second kappa shape index (κ2) is 8.04. The molecule has 0 N–H and O–H groups in total. The van der Waals surface area contributed by atoms with Crippen molar-refractivity contribution in [2.75, 3.05) is 18.8 Å². The molecule has 1 amide bonds. The first-order chi connectivity index (χ1) is 12.4. The summed E-state index contributed by atoms with van der Waals surface area (Å²) in [6.07, 6.45) is 2.08. The number of benzene rings is 2. The fourth-order valence-corrected chi connectivity index (χ4v) is 5.23. The van der Waals surface area contributed by atoms with E-state index in [-0.39, 0.29) is 17.6 Å². The van der Waals surface area contributed by atoms with Crippen molar-refractivity contribution >= 4 is 15.7 Å². The molecule has 1 heterocycles. The van der Waals surface area contributed by atoms with Gasteiger partial charge in [0.25, 0.3) is 0 Å². The van der Waals surface area contributed by atoms with E-state index in [0.29, 0.717) is 24.4 Å². The van der Waals surface area contributed by atoms with Gasteiger partial charge in [-0.3, -0.25) is 4.79 Å². The molecule has 1 atom stereocenters. The Kier molecular flexibility index (Phi) is 5.77. The monoisotopic (exact) mass is 371 g/mol. The summed E-state index contributed by atoms with van der Waals surface area (Å²) in [5.41, 5.74) is 2.15. The highest BCUT2D eigenvalue weighted by molar-refractivity contribution is 7.91. The maximum atomic E-state index is 12.6. The third kappa shape index (κ3) is 4.73. The molecule has 1 aliphatic rings. The maximum absolute atomic E-state index is 12.6. The molecule has 1 fully saturated rings. The Labute approximate surface area is 155 Å². The van der Waals surface area contributed by atoms with Crippen LogP contribution in [-0.4, -0.2) is 38.1 Å². The molecule has 1 saturated heterocycles. The molecule has 1 aliphatic heterocycles. The van der Waals surface area contributed by atoms with Crippen molar-refractivity contribution in [1.82, 2.24) is 4.90 Å². The van der Waals surface area contributed by atoms with Crippen molar-refractivity contribution in [3.63, 3.8) is 0 Å². The lowest BCUT2D eigenvalue weighted by Crippen LogP contribution is -2.42. The minimum atomic E-state index is -3.31. The highest BCUT2D eigenvalue weighted by Crippen LogP contribution is 2.22. The average molecular weight is 372 g/mol. The zero-order chi connectivity index (χ0) is 18.6. The average Bonchev–Trinajstić information content (AvgIpc) is 2.62. The Hall–Kier alpha value is -2.14. The van der Waals surface area contributed by atoms with Gasteiger partial charge < -0.3 is 4.90 Å². The van der Waals surface area contributed by atoms with Crippen molar-refractivity contribution in [2.45, 2.75) is 31.1 Å². The van der Waals surface area contributed by atoms with Crippen LogP contribution in [-0.2, 0) is 21.1 Å². The van der Waals surface area contributed by atoms with Gasteiger partial charge in [-0.2, -0.15) is 0 Å². The first-order valence-corrected chi connectivity index (χ1v) is 10.7. The smallest absolute Gasteiger partial charge is 0.226 e. The van der Waals surface area contributed by atoms with E-state index in [2.05, 4.69) is 0 Å². The van der Waals surface area contributed by atoms with Crippen molar-refractivity contribution in [1.29, 1.82) is 0 Å². The molecule has 0 saturated carbocycles. The molecule has 0 bridgehead atoms. The second-order valence-corrected chi connectivity index (χ2v) is 9.14. The maximum Gasteiger partial charge on any atom is 0.226 e. The lowest BCUT2D eigenvalue weighted by atomic mass is 9.99. The van der Waals surface area contributed by atoms with E-state index in [1.54, 1.807) is 24.3 Å². The lowest BCUT2D eigenvalue weighted by molar-refractivity contribution is -0.132. The summed E-state index contributed by atoms with van der Waals surface area (Å²) in [5.74, 6) is 0.179. The number of sulfone groups is 1. The van der Waals surface area contributed by atoms with E-state index in [9.17, 15) is 13.2 Å². The number of hydrogen-bond acceptors (Lipinski definition) is 3. The van der Waals surface area contributed by atoms with E-state index in [1.165, 1.54) is 0 Å². The van der Waals surface area contributed by atoms with Crippen molar-refractivity contribution in [2.24, 2.45) is 5.92 Å². The largest absolute Gasteiger partial charge is 0.342 e. The van der Waals surface area contributed by atoms with Gasteiger partial charge in [0.15, 0.2) is 9.84 Å². The molecule has 0 radical (unpaired) electrons. The first kappa shape index (κ1) is 18.6. The molecule has 2 aromatic rings. The third-order valence-electron chi connectivity index (χ3n) is 4.87. The van der Waals surface area contributed by atoms with Gasteiger partial charge in [-0.05, 0) is 43.4 Å². The molecule has 3 rings (SSSR count). The minimum absolute atomic E-state index is 0.00424. The normalized spacial score (nSPS) is 17.9. The zero-order valence-electron chi connectivity index (χ0n) is 15.1. The van der Waals surface area contributed by atoms with E-state index < -0.39 is 9.84 Å². The quantitative estimate of drug-likeness (QED) is 0.811. The van der Waals surface area contributed by atoms with Crippen LogP contribution in [0.3, 0.4) is 0 Å². The van der Waals surface area contributed by atoms with Gasteiger partial charge in [0.05, 0.1) is 17.1 Å². The van der Waals surface area contributed by atoms with Crippen LogP contribution >= 0.6 is 0 Å². The molecule has 0 aromatic heterocycles. The van der Waals surface area contributed by atoms with Gasteiger partial charge in [0, 0.05) is 13.1 Å². The predicted octanol–water partition coefficient (Wildman–Crippen LogP) is 3.25. The predicted molar refractivity (Wildman–Crippen MR) is 103 cm³/mol. The summed E-state index contributed by atoms with van der Waals surface area (Å²) in [6, 6.07) is 16.5. The van der Waals surface area contributed by atoms with Crippen molar-refractivity contribution in [3.8, 4) is 0 Å². The number of carbonyl (C=O) groups is 1. The fraction of sp³-hybridized carbons (Fsp3) is 0.381. The molecule has 138 valence electrons. The van der Waals surface area contributed by atoms with Crippen LogP contribution in [0.1, 0.15) is 24.0 Å². The molecule has 1 unspecified atom stereocenters. The summed E-state index contributed by atoms with van der Waals surface area (Å²) >= 11 is 0. The Morgan fingerprint density at radius 1 is 1.12 bits per heavy atom. The van der Waals surface area contributed by atoms with Gasteiger partial charge in [-0.25, -0.2) is 8.42 Å². The van der Waals surface area contributed by atoms with E-state index >= 15 is 0 Å². The molecule has 0 spiro atoms. The zero-order valence-corrected chi connectivity index (χ0v) is 15.9. The highest BCUT2D eigenvalue weighted by Gasteiger charge is 2.28. The molecule has 26 heavy (non-hydrogen) atoms. The number of piperidine rings is 1. The van der Waals surface area contributed by atoms with Crippen molar-refractivity contribution in [3.05, 3.63) is 65.7 Å². The Morgan fingerprint density at radius 2 is 1.88 bits per heavy atom. The number of nitrogens with zero attached hydrogens (tertiary/aromatic N) is 1. The Bertz CT molecular complexity index is 862. The number of aryl methyl sites for hydroxylation is 1. The first-order valence-electron chi connectivity index (χ1n) is 9.05. The lowest BCUT2D eigenvalue weighted by Gasteiger charge is -2.32. The van der Waals surface area contributed by atoms with Crippen LogP contribution in [0, 0.1) is 12.8 Å². The van der Waals surface area contributed by atoms with Crippen LogP contribution < -0.4 is 0 Å². The second-order valence-electron chi connectivity index (χ2n) is 7.11. The standard InChI is InChI=1S/C21H25NO3S/c1-17-7-5-8-18(13-17)14-21(23)22-12-6-9-19(15-22)16-26(24,25)20-10-3-2-4-11-20/h2-5,7-8,10-11,13,19H,6,9,12,14-16H2,1H3. The number of carbonyl (C=O) groups excluding carboxylic acids is 1. The summed E-state index contributed by atoms with van der Waals surface area (Å²) < 4.78 is 25.2. The molecular weight excluding hydrogens is 346 g/mol. The van der Waals surface area contributed by atoms with Gasteiger partial charge >= 0.3 is 0 Å². The number of hydrogen-bond donors (Lipinski definition) is 0. The molecule has 2 aromatic carbocycles. The van der Waals surface area contributed by atoms with Crippen LogP contribution in [0.25, 0.3) is 0 Å². The fourth-order valence-electron chi connectivity index (χ4n) is 3.57. The highest BCUT2D eigenvalue weighted by atomic mass is 32.2. The molecule has 4 nitrogen and oxygen atoms in total. The van der Waals surface area contributed by atoms with E-state index in [0.717, 1.165) is 24.0 Å². The minimum Gasteiger partial charge on any atom is -0.342 e. The van der Waals surface area contributed by atoms with Gasteiger partial charge in [0.2, 0.25) is 5.91 Å². The topological polar surface area (TPSA) is 54.5 Å². The van der Waals surface area contributed by atoms with Gasteiger partial charge in [0.1, 0.15) is 0 Å². The van der Waals surface area contributed by atoms with E-state index in [4.69, 9.17) is 0 Å². The van der Waals surface area contributed by atoms with Crippen LogP contribution in [0.2, 0.25) is 0 Å². The van der Waals surface area contributed by atoms with Crippen LogP contribution in [0.4, 0.5) is 0 Å². The number of amides is 1. The summed E-state index contributed by atoms with van der Waals surface area (Å²) in [7, 11) is -3.31.